The Balaban J connectivity index is 2.24. The van der Waals surface area contributed by atoms with Crippen LogP contribution in [0.15, 0.2) is 42.7 Å². The Kier molecular flexibility index (Phi) is 3.55. The summed E-state index contributed by atoms with van der Waals surface area (Å²) in [5.41, 5.74) is 2.43. The monoisotopic (exact) mass is 245 g/mol. The van der Waals surface area contributed by atoms with Crippen molar-refractivity contribution in [3.05, 3.63) is 64.4 Å². The molecule has 0 saturated heterocycles. The second-order valence-corrected chi connectivity index (χ2v) is 4.28. The molecule has 0 aliphatic heterocycles. The normalized spacial score (nSPS) is 10.2. The molecule has 0 amide bonds. The first-order valence-corrected chi connectivity index (χ1v) is 5.73. The van der Waals surface area contributed by atoms with E-state index in [1.807, 2.05) is 19.1 Å². The van der Waals surface area contributed by atoms with Gasteiger partial charge in [0.2, 0.25) is 0 Å². The Morgan fingerprint density at radius 1 is 1.29 bits per heavy atom. The van der Waals surface area contributed by atoms with E-state index in [-0.39, 0.29) is 5.78 Å². The molecule has 0 atom stereocenters. The number of nitrogens with zero attached hydrogens (tertiary/aromatic N) is 1. The number of hydrogen-bond donors (Lipinski definition) is 0. The van der Waals surface area contributed by atoms with Crippen molar-refractivity contribution in [3.8, 4) is 0 Å². The molecule has 2 nitrogen and oxygen atoms in total. The lowest BCUT2D eigenvalue weighted by Gasteiger charge is -2.06. The molecular formula is C14H12ClNO. The van der Waals surface area contributed by atoms with Crippen molar-refractivity contribution < 1.29 is 4.79 Å². The van der Waals surface area contributed by atoms with Crippen LogP contribution in [0.5, 0.6) is 0 Å². The Hall–Kier alpha value is -1.67. The van der Waals surface area contributed by atoms with Crippen LogP contribution in [0, 0.1) is 6.92 Å². The molecule has 17 heavy (non-hydrogen) atoms. The van der Waals surface area contributed by atoms with Gasteiger partial charge in [0.1, 0.15) is 0 Å². The highest BCUT2D eigenvalue weighted by molar-refractivity contribution is 6.31. The van der Waals surface area contributed by atoms with E-state index in [4.69, 9.17) is 11.6 Å². The molecule has 0 aliphatic rings. The molecule has 1 aromatic carbocycles. The molecule has 86 valence electrons. The van der Waals surface area contributed by atoms with Crippen LogP contribution in [0.4, 0.5) is 0 Å². The number of hydrogen-bond acceptors (Lipinski definition) is 2. The molecule has 0 aliphatic carbocycles. The number of carbonyl (C=O) groups is 1. The number of carbonyl (C=O) groups excluding carboxylic acids is 1. The molecule has 1 aromatic heterocycles. The molecule has 0 fully saturated rings. The summed E-state index contributed by atoms with van der Waals surface area (Å²) in [6.45, 7) is 1.86. The number of ketones is 1. The molecule has 1 heterocycles. The molecule has 0 spiro atoms. The maximum absolute atomic E-state index is 12.1. The fourth-order valence-electron chi connectivity index (χ4n) is 1.69. The van der Waals surface area contributed by atoms with E-state index in [0.29, 0.717) is 17.0 Å². The van der Waals surface area contributed by atoms with Crippen molar-refractivity contribution in [1.29, 1.82) is 0 Å². The zero-order valence-corrected chi connectivity index (χ0v) is 10.2. The van der Waals surface area contributed by atoms with Crippen molar-refractivity contribution in [2.45, 2.75) is 13.3 Å². The van der Waals surface area contributed by atoms with Crippen LogP contribution in [-0.4, -0.2) is 10.8 Å². The van der Waals surface area contributed by atoms with Crippen molar-refractivity contribution in [3.63, 3.8) is 0 Å². The zero-order valence-electron chi connectivity index (χ0n) is 9.48. The molecule has 0 N–H and O–H groups in total. The van der Waals surface area contributed by atoms with Crippen LogP contribution < -0.4 is 0 Å². The molecule has 0 unspecified atom stereocenters. The van der Waals surface area contributed by atoms with E-state index in [1.54, 1.807) is 30.6 Å². The lowest BCUT2D eigenvalue weighted by atomic mass is 10.00. The quantitative estimate of drug-likeness (QED) is 0.775. The largest absolute Gasteiger partial charge is 0.294 e. The van der Waals surface area contributed by atoms with E-state index in [2.05, 4.69) is 4.98 Å². The number of pyridine rings is 1. The first-order valence-electron chi connectivity index (χ1n) is 5.35. The highest BCUT2D eigenvalue weighted by atomic mass is 35.5. The molecular weight excluding hydrogens is 234 g/mol. The summed E-state index contributed by atoms with van der Waals surface area (Å²) < 4.78 is 0. The van der Waals surface area contributed by atoms with E-state index in [1.165, 1.54) is 0 Å². The van der Waals surface area contributed by atoms with Gasteiger partial charge in [0, 0.05) is 29.4 Å². The SMILES string of the molecule is Cc1c(Cl)cccc1C(=O)Cc1cccnc1. The minimum atomic E-state index is 0.0676. The van der Waals surface area contributed by atoms with Crippen molar-refractivity contribution in [1.82, 2.24) is 4.98 Å². The fraction of sp³-hybridized carbons (Fsp3) is 0.143. The van der Waals surface area contributed by atoms with E-state index in [0.717, 1.165) is 11.1 Å². The Morgan fingerprint density at radius 2 is 2.12 bits per heavy atom. The van der Waals surface area contributed by atoms with Crippen LogP contribution in [0.1, 0.15) is 21.5 Å². The lowest BCUT2D eigenvalue weighted by molar-refractivity contribution is 0.0992. The number of halogens is 1. The summed E-state index contributed by atoms with van der Waals surface area (Å²) >= 11 is 6.00. The van der Waals surface area contributed by atoms with Gasteiger partial charge in [0.25, 0.3) is 0 Å². The molecule has 3 heteroatoms. The standard InChI is InChI=1S/C14H12ClNO/c1-10-12(5-2-6-13(10)15)14(17)8-11-4-3-7-16-9-11/h2-7,9H,8H2,1H3. The summed E-state index contributed by atoms with van der Waals surface area (Å²) in [6.07, 6.45) is 3.76. The van der Waals surface area contributed by atoms with Gasteiger partial charge < -0.3 is 0 Å². The van der Waals surface area contributed by atoms with Gasteiger partial charge in [-0.1, -0.05) is 29.8 Å². The lowest BCUT2D eigenvalue weighted by Crippen LogP contribution is -2.06. The third-order valence-corrected chi connectivity index (χ3v) is 3.07. The van der Waals surface area contributed by atoms with Gasteiger partial charge in [0.15, 0.2) is 5.78 Å². The smallest absolute Gasteiger partial charge is 0.167 e. The van der Waals surface area contributed by atoms with Gasteiger partial charge in [-0.15, -0.1) is 0 Å². The minimum absolute atomic E-state index is 0.0676. The Morgan fingerprint density at radius 3 is 2.82 bits per heavy atom. The van der Waals surface area contributed by atoms with Gasteiger partial charge in [0.05, 0.1) is 0 Å². The highest BCUT2D eigenvalue weighted by Gasteiger charge is 2.11. The van der Waals surface area contributed by atoms with Crippen LogP contribution in [0.25, 0.3) is 0 Å². The second-order valence-electron chi connectivity index (χ2n) is 3.87. The summed E-state index contributed by atoms with van der Waals surface area (Å²) in [6, 6.07) is 9.11. The number of rotatable bonds is 3. The van der Waals surface area contributed by atoms with Gasteiger partial charge >= 0.3 is 0 Å². The van der Waals surface area contributed by atoms with E-state index in [9.17, 15) is 4.79 Å². The Bertz CT molecular complexity index is 537. The summed E-state index contributed by atoms with van der Waals surface area (Å²) in [5, 5.41) is 0.627. The predicted molar refractivity (Wildman–Crippen MR) is 68.5 cm³/mol. The molecule has 2 rings (SSSR count). The van der Waals surface area contributed by atoms with Gasteiger partial charge in [-0.3, -0.25) is 9.78 Å². The average molecular weight is 246 g/mol. The highest BCUT2D eigenvalue weighted by Crippen LogP contribution is 2.20. The average Bonchev–Trinajstić information content (AvgIpc) is 2.34. The second kappa shape index (κ2) is 5.11. The van der Waals surface area contributed by atoms with Crippen LogP contribution in [0.2, 0.25) is 5.02 Å². The van der Waals surface area contributed by atoms with E-state index >= 15 is 0 Å². The number of benzene rings is 1. The van der Waals surface area contributed by atoms with Crippen LogP contribution in [-0.2, 0) is 6.42 Å². The number of aromatic nitrogens is 1. The van der Waals surface area contributed by atoms with Crippen molar-refractivity contribution >= 4 is 17.4 Å². The topological polar surface area (TPSA) is 30.0 Å². The first-order chi connectivity index (χ1) is 8.18. The molecule has 0 bridgehead atoms. The summed E-state index contributed by atoms with van der Waals surface area (Å²) in [5.74, 6) is 0.0676. The number of Topliss-reactive ketones (excluding diaryl/α,β-unsaturated/α-hetero) is 1. The Labute approximate surface area is 105 Å². The van der Waals surface area contributed by atoms with Gasteiger partial charge in [-0.2, -0.15) is 0 Å². The minimum Gasteiger partial charge on any atom is -0.294 e. The van der Waals surface area contributed by atoms with Gasteiger partial charge in [-0.25, -0.2) is 0 Å². The van der Waals surface area contributed by atoms with Gasteiger partial charge in [-0.05, 0) is 30.2 Å². The summed E-state index contributed by atoms with van der Waals surface area (Å²) in [7, 11) is 0. The maximum Gasteiger partial charge on any atom is 0.167 e. The van der Waals surface area contributed by atoms with Crippen LogP contribution in [0.3, 0.4) is 0 Å². The first kappa shape index (κ1) is 11.8. The van der Waals surface area contributed by atoms with E-state index < -0.39 is 0 Å². The summed E-state index contributed by atoms with van der Waals surface area (Å²) in [4.78, 5) is 16.1. The molecule has 0 saturated carbocycles. The zero-order chi connectivity index (χ0) is 12.3. The predicted octanol–water partition coefficient (Wildman–Crippen LogP) is 3.47. The van der Waals surface area contributed by atoms with Crippen molar-refractivity contribution in [2.75, 3.05) is 0 Å². The fourth-order valence-corrected chi connectivity index (χ4v) is 1.87. The van der Waals surface area contributed by atoms with Crippen molar-refractivity contribution in [2.24, 2.45) is 0 Å². The molecule has 0 radical (unpaired) electrons. The van der Waals surface area contributed by atoms with Crippen LogP contribution >= 0.6 is 11.6 Å². The third-order valence-electron chi connectivity index (χ3n) is 2.66. The third kappa shape index (κ3) is 2.71. The molecule has 2 aromatic rings. The maximum atomic E-state index is 12.1.